The molecule has 0 aliphatic rings. The van der Waals surface area contributed by atoms with Crippen molar-refractivity contribution in [1.29, 1.82) is 0 Å². The molecule has 110 valence electrons. The Hall–Kier alpha value is -1.84. The van der Waals surface area contributed by atoms with E-state index in [0.29, 0.717) is 18.4 Å². The highest BCUT2D eigenvalue weighted by atomic mass is 16.4. The Morgan fingerprint density at radius 2 is 1.80 bits per heavy atom. The molecule has 0 radical (unpaired) electrons. The summed E-state index contributed by atoms with van der Waals surface area (Å²) in [4.78, 5) is 25.0. The minimum atomic E-state index is -1.31. The summed E-state index contributed by atoms with van der Waals surface area (Å²) in [6.07, 6.45) is 1.03. The maximum absolute atomic E-state index is 12.1. The molecule has 0 saturated carbocycles. The topological polar surface area (TPSA) is 57.6 Å². The van der Waals surface area contributed by atoms with Crippen LogP contribution in [0.2, 0.25) is 0 Å². The van der Waals surface area contributed by atoms with Crippen LogP contribution in [0.3, 0.4) is 0 Å². The third-order valence-electron chi connectivity index (χ3n) is 3.42. The van der Waals surface area contributed by atoms with Crippen molar-refractivity contribution < 1.29 is 14.7 Å². The maximum atomic E-state index is 12.1. The summed E-state index contributed by atoms with van der Waals surface area (Å²) >= 11 is 0. The molecule has 4 heteroatoms. The van der Waals surface area contributed by atoms with E-state index in [-0.39, 0.29) is 12.0 Å². The van der Waals surface area contributed by atoms with E-state index in [2.05, 4.69) is 0 Å². The Balaban J connectivity index is 3.50. The number of carbonyl (C=O) groups is 2. The molecule has 0 bridgehead atoms. The van der Waals surface area contributed by atoms with Crippen LogP contribution in [-0.4, -0.2) is 28.4 Å². The molecule has 1 amide bonds. The monoisotopic (exact) mass is 277 g/mol. The van der Waals surface area contributed by atoms with E-state index in [0.717, 1.165) is 0 Å². The molecule has 0 saturated heterocycles. The Labute approximate surface area is 120 Å². The molecule has 20 heavy (non-hydrogen) atoms. The van der Waals surface area contributed by atoms with Crippen molar-refractivity contribution in [1.82, 2.24) is 4.90 Å². The fraction of sp³-hybridized carbons (Fsp3) is 0.500. The third-order valence-corrected chi connectivity index (χ3v) is 3.42. The van der Waals surface area contributed by atoms with E-state index in [1.165, 1.54) is 4.90 Å². The average molecular weight is 277 g/mol. The maximum Gasteiger partial charge on any atom is 0.334 e. The summed E-state index contributed by atoms with van der Waals surface area (Å²) in [5.41, 5.74) is -0.673. The second-order valence-electron chi connectivity index (χ2n) is 5.74. The van der Waals surface area contributed by atoms with Crippen molar-refractivity contribution in [2.75, 3.05) is 0 Å². The molecule has 0 heterocycles. The number of carboxylic acids is 1. The predicted molar refractivity (Wildman–Crippen MR) is 78.2 cm³/mol. The number of amides is 1. The van der Waals surface area contributed by atoms with Gasteiger partial charge in [-0.05, 0) is 31.7 Å². The summed E-state index contributed by atoms with van der Waals surface area (Å²) < 4.78 is 0. The molecule has 1 unspecified atom stereocenters. The van der Waals surface area contributed by atoms with Gasteiger partial charge in [0.2, 0.25) is 6.41 Å². The van der Waals surface area contributed by atoms with Crippen LogP contribution >= 0.6 is 0 Å². The number of rotatable bonds is 7. The molecule has 0 aliphatic heterocycles. The number of hydrogen-bond donors (Lipinski definition) is 1. The summed E-state index contributed by atoms with van der Waals surface area (Å²) in [6, 6.07) is 8.80. The van der Waals surface area contributed by atoms with Crippen LogP contribution in [0.1, 0.15) is 39.7 Å². The van der Waals surface area contributed by atoms with Gasteiger partial charge in [-0.2, -0.15) is 0 Å². The van der Waals surface area contributed by atoms with Gasteiger partial charge >= 0.3 is 5.97 Å². The zero-order valence-electron chi connectivity index (χ0n) is 12.5. The second-order valence-corrected chi connectivity index (χ2v) is 5.74. The van der Waals surface area contributed by atoms with E-state index in [1.54, 1.807) is 24.3 Å². The summed E-state index contributed by atoms with van der Waals surface area (Å²) in [7, 11) is 0. The largest absolute Gasteiger partial charge is 0.479 e. The first-order chi connectivity index (χ1) is 9.36. The van der Waals surface area contributed by atoms with Crippen molar-refractivity contribution in [3.8, 4) is 0 Å². The first-order valence-corrected chi connectivity index (χ1v) is 6.89. The van der Waals surface area contributed by atoms with Gasteiger partial charge < -0.3 is 10.0 Å². The SMILES string of the molecule is CC(C)CC(C(=O)O)(c1ccccc1)N(C=O)C(C)C. The summed E-state index contributed by atoms with van der Waals surface area (Å²) in [6.45, 7) is 7.58. The molecule has 0 aliphatic carbocycles. The molecule has 0 aromatic heterocycles. The highest BCUT2D eigenvalue weighted by molar-refractivity contribution is 5.83. The van der Waals surface area contributed by atoms with Crippen molar-refractivity contribution in [3.63, 3.8) is 0 Å². The molecule has 4 nitrogen and oxygen atoms in total. The zero-order chi connectivity index (χ0) is 15.3. The number of carboxylic acid groups (broad SMARTS) is 1. The van der Waals surface area contributed by atoms with Crippen LogP contribution in [0.5, 0.6) is 0 Å². The lowest BCUT2D eigenvalue weighted by atomic mass is 9.80. The first-order valence-electron chi connectivity index (χ1n) is 6.89. The van der Waals surface area contributed by atoms with Gasteiger partial charge in [0.25, 0.3) is 0 Å². The molecule has 0 fully saturated rings. The molecular weight excluding hydrogens is 254 g/mol. The van der Waals surface area contributed by atoms with E-state index in [9.17, 15) is 14.7 Å². The average Bonchev–Trinajstić information content (AvgIpc) is 2.38. The molecular formula is C16H23NO3. The highest BCUT2D eigenvalue weighted by Gasteiger charge is 2.47. The minimum Gasteiger partial charge on any atom is -0.479 e. The molecule has 1 atom stereocenters. The van der Waals surface area contributed by atoms with E-state index in [1.807, 2.05) is 33.8 Å². The van der Waals surface area contributed by atoms with Crippen molar-refractivity contribution in [2.24, 2.45) is 5.92 Å². The Bertz CT molecular complexity index is 456. The lowest BCUT2D eigenvalue weighted by Gasteiger charge is -2.42. The molecule has 1 N–H and O–H groups in total. The van der Waals surface area contributed by atoms with Crippen molar-refractivity contribution in [2.45, 2.75) is 45.7 Å². The van der Waals surface area contributed by atoms with Gasteiger partial charge in [0.15, 0.2) is 5.54 Å². The van der Waals surface area contributed by atoms with Crippen molar-refractivity contribution >= 4 is 12.4 Å². The fourth-order valence-electron chi connectivity index (χ4n) is 2.65. The van der Waals surface area contributed by atoms with E-state index >= 15 is 0 Å². The standard InChI is InChI=1S/C16H23NO3/c1-12(2)10-16(15(19)20,17(11-18)13(3)4)14-8-6-5-7-9-14/h5-9,11-13H,10H2,1-4H3,(H,19,20). The highest BCUT2D eigenvalue weighted by Crippen LogP contribution is 2.36. The van der Waals surface area contributed by atoms with Gasteiger partial charge in [-0.15, -0.1) is 0 Å². The molecule has 1 rings (SSSR count). The molecule has 1 aromatic rings. The van der Waals surface area contributed by atoms with E-state index in [4.69, 9.17) is 0 Å². The predicted octanol–water partition coefficient (Wildman–Crippen LogP) is 2.88. The molecule has 0 spiro atoms. The number of hydrogen-bond acceptors (Lipinski definition) is 2. The summed E-state index contributed by atoms with van der Waals surface area (Å²) in [5.74, 6) is -0.842. The number of aliphatic carboxylic acids is 1. The van der Waals surface area contributed by atoms with Crippen LogP contribution in [-0.2, 0) is 15.1 Å². The number of benzene rings is 1. The number of carbonyl (C=O) groups excluding carboxylic acids is 1. The van der Waals surface area contributed by atoms with Crippen molar-refractivity contribution in [3.05, 3.63) is 35.9 Å². The van der Waals surface area contributed by atoms with Crippen LogP contribution in [0, 0.1) is 5.92 Å². The quantitative estimate of drug-likeness (QED) is 0.780. The van der Waals surface area contributed by atoms with Crippen LogP contribution < -0.4 is 0 Å². The minimum absolute atomic E-state index is 0.146. The van der Waals surface area contributed by atoms with Gasteiger partial charge in [0.05, 0.1) is 0 Å². The van der Waals surface area contributed by atoms with E-state index < -0.39 is 11.5 Å². The van der Waals surface area contributed by atoms with Gasteiger partial charge in [0, 0.05) is 6.04 Å². The van der Waals surface area contributed by atoms with Gasteiger partial charge in [0.1, 0.15) is 0 Å². The second kappa shape index (κ2) is 6.55. The fourth-order valence-corrected chi connectivity index (χ4v) is 2.65. The first kappa shape index (κ1) is 16.2. The van der Waals surface area contributed by atoms with Crippen LogP contribution in [0.25, 0.3) is 0 Å². The molecule has 1 aromatic carbocycles. The van der Waals surface area contributed by atoms with Crippen LogP contribution in [0.4, 0.5) is 0 Å². The normalized spacial score (nSPS) is 14.1. The van der Waals surface area contributed by atoms with Gasteiger partial charge in [-0.3, -0.25) is 4.79 Å². The number of nitrogens with zero attached hydrogens (tertiary/aromatic N) is 1. The lowest BCUT2D eigenvalue weighted by molar-refractivity contribution is -0.159. The Morgan fingerprint density at radius 1 is 1.25 bits per heavy atom. The third kappa shape index (κ3) is 3.00. The Kier molecular flexibility index (Phi) is 5.31. The van der Waals surface area contributed by atoms with Gasteiger partial charge in [-0.1, -0.05) is 44.2 Å². The smallest absolute Gasteiger partial charge is 0.334 e. The zero-order valence-corrected chi connectivity index (χ0v) is 12.5. The Morgan fingerprint density at radius 3 is 2.15 bits per heavy atom. The van der Waals surface area contributed by atoms with Gasteiger partial charge in [-0.25, -0.2) is 4.79 Å². The lowest BCUT2D eigenvalue weighted by Crippen LogP contribution is -2.55. The summed E-state index contributed by atoms with van der Waals surface area (Å²) in [5, 5.41) is 9.88. The van der Waals surface area contributed by atoms with Crippen LogP contribution in [0.15, 0.2) is 30.3 Å².